The van der Waals surface area contributed by atoms with Gasteiger partial charge in [-0.3, -0.25) is 4.79 Å². The van der Waals surface area contributed by atoms with E-state index in [9.17, 15) is 4.79 Å². The molecule has 1 heterocycles. The third kappa shape index (κ3) is 1.78. The Hall–Kier alpha value is -1.56. The molecular weight excluding hydrogens is 212 g/mol. The van der Waals surface area contributed by atoms with Gasteiger partial charge in [-0.1, -0.05) is 6.07 Å². The molecule has 1 saturated carbocycles. The van der Waals surface area contributed by atoms with E-state index in [2.05, 4.69) is 6.07 Å². The summed E-state index contributed by atoms with van der Waals surface area (Å²) in [5.41, 5.74) is 2.77. The molecule has 0 aromatic carbocycles. The van der Waals surface area contributed by atoms with Gasteiger partial charge < -0.3 is 4.57 Å². The highest BCUT2D eigenvalue weighted by Crippen LogP contribution is 2.50. The van der Waals surface area contributed by atoms with Crippen molar-refractivity contribution in [2.45, 2.75) is 45.1 Å². The number of nitriles is 1. The van der Waals surface area contributed by atoms with Crippen LogP contribution >= 0.6 is 0 Å². The van der Waals surface area contributed by atoms with E-state index >= 15 is 0 Å². The van der Waals surface area contributed by atoms with Crippen LogP contribution in [0.1, 0.15) is 36.9 Å². The van der Waals surface area contributed by atoms with Gasteiger partial charge in [0.25, 0.3) is 5.56 Å². The Morgan fingerprint density at radius 2 is 2.18 bits per heavy atom. The number of aromatic nitrogens is 1. The molecule has 0 spiro atoms. The predicted octanol–water partition coefficient (Wildman–Crippen LogP) is 2.03. The van der Waals surface area contributed by atoms with Crippen molar-refractivity contribution in [2.24, 2.45) is 5.41 Å². The second-order valence-electron chi connectivity index (χ2n) is 5.42. The van der Waals surface area contributed by atoms with Crippen LogP contribution in [-0.2, 0) is 19.4 Å². The van der Waals surface area contributed by atoms with Crippen molar-refractivity contribution < 1.29 is 0 Å². The summed E-state index contributed by atoms with van der Waals surface area (Å²) >= 11 is 0. The molecule has 88 valence electrons. The first-order valence-electron chi connectivity index (χ1n) is 6.33. The highest BCUT2D eigenvalue weighted by atomic mass is 16.1. The van der Waals surface area contributed by atoms with Gasteiger partial charge in [0.1, 0.15) is 0 Å². The minimum absolute atomic E-state index is 0.106. The van der Waals surface area contributed by atoms with Crippen molar-refractivity contribution >= 4 is 0 Å². The van der Waals surface area contributed by atoms with Crippen molar-refractivity contribution in [1.82, 2.24) is 4.57 Å². The van der Waals surface area contributed by atoms with E-state index in [0.717, 1.165) is 38.6 Å². The van der Waals surface area contributed by atoms with Crippen LogP contribution in [0.2, 0.25) is 0 Å². The van der Waals surface area contributed by atoms with Gasteiger partial charge in [0.2, 0.25) is 0 Å². The van der Waals surface area contributed by atoms with E-state index < -0.39 is 0 Å². The molecule has 0 bridgehead atoms. The number of hydrogen-bond donors (Lipinski definition) is 0. The Morgan fingerprint density at radius 3 is 2.88 bits per heavy atom. The summed E-state index contributed by atoms with van der Waals surface area (Å²) in [7, 11) is 0. The van der Waals surface area contributed by atoms with E-state index in [-0.39, 0.29) is 11.0 Å². The zero-order valence-electron chi connectivity index (χ0n) is 9.91. The number of hydrogen-bond acceptors (Lipinski definition) is 2. The Bertz CT molecular complexity index is 546. The molecule has 0 N–H and O–H groups in total. The lowest BCUT2D eigenvalue weighted by atomic mass is 10.0. The number of fused-ring (bicyclic) bond motifs is 1. The number of nitrogens with zero attached hydrogens (tertiary/aromatic N) is 2. The molecule has 0 amide bonds. The van der Waals surface area contributed by atoms with Crippen molar-refractivity contribution in [2.75, 3.05) is 0 Å². The Balaban J connectivity index is 1.96. The molecule has 0 unspecified atom stereocenters. The largest absolute Gasteiger partial charge is 0.312 e. The number of rotatable bonds is 3. The van der Waals surface area contributed by atoms with Crippen LogP contribution in [0.4, 0.5) is 0 Å². The van der Waals surface area contributed by atoms with Gasteiger partial charge in [-0.05, 0) is 37.7 Å². The van der Waals surface area contributed by atoms with Crippen LogP contribution in [0.5, 0.6) is 0 Å². The van der Waals surface area contributed by atoms with Crippen molar-refractivity contribution in [3.63, 3.8) is 0 Å². The molecule has 1 aromatic rings. The van der Waals surface area contributed by atoms with Gasteiger partial charge in [-0.25, -0.2) is 0 Å². The molecule has 0 saturated heterocycles. The van der Waals surface area contributed by atoms with Crippen LogP contribution in [0.15, 0.2) is 16.9 Å². The molecule has 2 aliphatic carbocycles. The van der Waals surface area contributed by atoms with Crippen LogP contribution in [0, 0.1) is 16.7 Å². The molecule has 0 atom stereocenters. The summed E-state index contributed by atoms with van der Waals surface area (Å²) in [5, 5.41) is 8.85. The van der Waals surface area contributed by atoms with E-state index in [0.29, 0.717) is 6.42 Å². The van der Waals surface area contributed by atoms with Crippen LogP contribution in [0.25, 0.3) is 0 Å². The maximum absolute atomic E-state index is 12.0. The van der Waals surface area contributed by atoms with Crippen molar-refractivity contribution in [1.29, 1.82) is 5.26 Å². The molecule has 3 heteroatoms. The SMILES string of the molecule is N#CCC1(Cn2c3c(ccc2=O)CCC3)CC1. The van der Waals surface area contributed by atoms with Gasteiger partial charge in [0.05, 0.1) is 6.07 Å². The maximum atomic E-state index is 12.0. The zero-order valence-corrected chi connectivity index (χ0v) is 9.91. The quantitative estimate of drug-likeness (QED) is 0.794. The summed E-state index contributed by atoms with van der Waals surface area (Å²) in [5.74, 6) is 0. The molecule has 2 aliphatic rings. The fourth-order valence-corrected chi connectivity index (χ4v) is 2.88. The van der Waals surface area contributed by atoms with Gasteiger partial charge in [0.15, 0.2) is 0 Å². The molecule has 3 nitrogen and oxygen atoms in total. The summed E-state index contributed by atoms with van der Waals surface area (Å²) < 4.78 is 1.94. The molecule has 0 aliphatic heterocycles. The Morgan fingerprint density at radius 1 is 1.35 bits per heavy atom. The first kappa shape index (κ1) is 10.6. The lowest BCUT2D eigenvalue weighted by molar-refractivity contribution is 0.415. The fraction of sp³-hybridized carbons (Fsp3) is 0.571. The second kappa shape index (κ2) is 3.73. The van der Waals surface area contributed by atoms with Gasteiger partial charge in [-0.2, -0.15) is 5.26 Å². The van der Waals surface area contributed by atoms with Crippen LogP contribution in [-0.4, -0.2) is 4.57 Å². The topological polar surface area (TPSA) is 45.8 Å². The van der Waals surface area contributed by atoms with Crippen LogP contribution < -0.4 is 5.56 Å². The first-order chi connectivity index (χ1) is 8.24. The highest BCUT2D eigenvalue weighted by Gasteiger charge is 2.43. The van der Waals surface area contributed by atoms with Gasteiger partial charge >= 0.3 is 0 Å². The zero-order chi connectivity index (χ0) is 11.9. The average Bonchev–Trinajstić information content (AvgIpc) is 2.90. The first-order valence-corrected chi connectivity index (χ1v) is 6.33. The molecule has 1 aromatic heterocycles. The second-order valence-corrected chi connectivity index (χ2v) is 5.42. The van der Waals surface area contributed by atoms with Crippen LogP contribution in [0.3, 0.4) is 0 Å². The predicted molar refractivity (Wildman–Crippen MR) is 64.6 cm³/mol. The van der Waals surface area contributed by atoms with Crippen molar-refractivity contribution in [3.05, 3.63) is 33.7 Å². The number of pyridine rings is 1. The van der Waals surface area contributed by atoms with E-state index in [1.54, 1.807) is 6.07 Å². The fourth-order valence-electron chi connectivity index (χ4n) is 2.88. The average molecular weight is 228 g/mol. The molecule has 17 heavy (non-hydrogen) atoms. The summed E-state index contributed by atoms with van der Waals surface area (Å²) in [4.78, 5) is 12.0. The Labute approximate surface area is 101 Å². The molecular formula is C14H16N2O. The third-order valence-corrected chi connectivity index (χ3v) is 4.15. The molecule has 0 radical (unpaired) electrons. The van der Waals surface area contributed by atoms with E-state index in [1.165, 1.54) is 11.3 Å². The summed E-state index contributed by atoms with van der Waals surface area (Å²) in [6.45, 7) is 0.753. The van der Waals surface area contributed by atoms with Gasteiger partial charge in [-0.15, -0.1) is 0 Å². The number of aryl methyl sites for hydroxylation is 1. The monoisotopic (exact) mass is 228 g/mol. The molecule has 3 rings (SSSR count). The summed E-state index contributed by atoms with van der Waals surface area (Å²) in [6.07, 6.45) is 6.05. The standard InChI is InChI=1S/C14H16N2O/c15-9-8-14(6-7-14)10-16-12-3-1-2-11(12)4-5-13(16)17/h4-5H,1-3,6-8,10H2. The lowest BCUT2D eigenvalue weighted by Gasteiger charge is -2.17. The smallest absolute Gasteiger partial charge is 0.250 e. The van der Waals surface area contributed by atoms with E-state index in [4.69, 9.17) is 5.26 Å². The van der Waals surface area contributed by atoms with Crippen molar-refractivity contribution in [3.8, 4) is 6.07 Å². The van der Waals surface area contributed by atoms with Gasteiger partial charge in [0, 0.05) is 30.1 Å². The normalized spacial score (nSPS) is 19.7. The third-order valence-electron chi connectivity index (χ3n) is 4.15. The Kier molecular flexibility index (Phi) is 2.32. The minimum atomic E-state index is 0.106. The molecule has 1 fully saturated rings. The minimum Gasteiger partial charge on any atom is -0.312 e. The van der Waals surface area contributed by atoms with E-state index in [1.807, 2.05) is 10.6 Å². The maximum Gasteiger partial charge on any atom is 0.250 e. The lowest BCUT2D eigenvalue weighted by Crippen LogP contribution is -2.27. The highest BCUT2D eigenvalue weighted by molar-refractivity contribution is 5.26. The summed E-state index contributed by atoms with van der Waals surface area (Å²) in [6, 6.07) is 5.93.